The molecular formula is C12H19N3O2. The van der Waals surface area contributed by atoms with Crippen molar-refractivity contribution < 1.29 is 9.90 Å². The standard InChI is InChI=1S/C12H19N3O2/c1-12(2,3)10-9-7(13-6-15(9)4)5-8(14-10)11(16)17/h6,8,10,14H,5H2,1-4H3,(H,16,17)/t8-,10?/m1/s1. The van der Waals surface area contributed by atoms with Crippen molar-refractivity contribution in [2.75, 3.05) is 0 Å². The van der Waals surface area contributed by atoms with Gasteiger partial charge in [0.15, 0.2) is 0 Å². The van der Waals surface area contributed by atoms with Gasteiger partial charge in [0, 0.05) is 13.5 Å². The van der Waals surface area contributed by atoms with Gasteiger partial charge < -0.3 is 9.67 Å². The Hall–Kier alpha value is -1.36. The highest BCUT2D eigenvalue weighted by Gasteiger charge is 2.38. The van der Waals surface area contributed by atoms with E-state index in [9.17, 15) is 4.79 Å². The Morgan fingerprint density at radius 1 is 1.59 bits per heavy atom. The minimum Gasteiger partial charge on any atom is -0.480 e. The van der Waals surface area contributed by atoms with Crippen LogP contribution in [-0.4, -0.2) is 26.7 Å². The fraction of sp³-hybridized carbons (Fsp3) is 0.667. The quantitative estimate of drug-likeness (QED) is 0.767. The zero-order valence-electron chi connectivity index (χ0n) is 10.7. The lowest BCUT2D eigenvalue weighted by Crippen LogP contribution is -2.49. The Morgan fingerprint density at radius 2 is 2.24 bits per heavy atom. The molecule has 2 rings (SSSR count). The molecule has 0 saturated carbocycles. The number of aliphatic carboxylic acids is 1. The van der Waals surface area contributed by atoms with Crippen LogP contribution >= 0.6 is 0 Å². The molecule has 0 bridgehead atoms. The van der Waals surface area contributed by atoms with E-state index < -0.39 is 12.0 Å². The second kappa shape index (κ2) is 3.84. The molecule has 0 radical (unpaired) electrons. The van der Waals surface area contributed by atoms with Crippen molar-refractivity contribution >= 4 is 5.97 Å². The number of fused-ring (bicyclic) bond motifs is 1. The SMILES string of the molecule is Cn1cnc2c1C(C(C)(C)C)N[C@@H](C(=O)O)C2. The maximum absolute atomic E-state index is 11.1. The molecule has 1 aliphatic rings. The lowest BCUT2D eigenvalue weighted by molar-refractivity contribution is -0.140. The van der Waals surface area contributed by atoms with Crippen molar-refractivity contribution in [2.45, 2.75) is 39.3 Å². The summed E-state index contributed by atoms with van der Waals surface area (Å²) in [5, 5.41) is 12.4. The highest BCUT2D eigenvalue weighted by atomic mass is 16.4. The van der Waals surface area contributed by atoms with Gasteiger partial charge >= 0.3 is 5.97 Å². The average molecular weight is 237 g/mol. The molecule has 2 heterocycles. The van der Waals surface area contributed by atoms with E-state index in [1.807, 2.05) is 11.6 Å². The Balaban J connectivity index is 2.45. The predicted molar refractivity (Wildman–Crippen MR) is 63.7 cm³/mol. The first-order valence-electron chi connectivity index (χ1n) is 5.79. The molecular weight excluding hydrogens is 218 g/mol. The summed E-state index contributed by atoms with van der Waals surface area (Å²) in [5.41, 5.74) is 1.96. The van der Waals surface area contributed by atoms with Gasteiger partial charge in [-0.05, 0) is 5.41 Å². The first-order valence-corrected chi connectivity index (χ1v) is 5.79. The van der Waals surface area contributed by atoms with Crippen LogP contribution in [0.5, 0.6) is 0 Å². The lowest BCUT2D eigenvalue weighted by atomic mass is 9.80. The molecule has 5 nitrogen and oxygen atoms in total. The van der Waals surface area contributed by atoms with Gasteiger partial charge in [-0.2, -0.15) is 0 Å². The minimum absolute atomic E-state index is 0.0137. The number of aromatic nitrogens is 2. The number of nitrogens with zero attached hydrogens (tertiary/aromatic N) is 2. The Morgan fingerprint density at radius 3 is 2.76 bits per heavy atom. The van der Waals surface area contributed by atoms with Crippen molar-refractivity contribution in [2.24, 2.45) is 12.5 Å². The lowest BCUT2D eigenvalue weighted by Gasteiger charge is -2.37. The van der Waals surface area contributed by atoms with Crippen LogP contribution in [0.2, 0.25) is 0 Å². The summed E-state index contributed by atoms with van der Waals surface area (Å²) in [5.74, 6) is -0.810. The first-order chi connectivity index (χ1) is 7.80. The van der Waals surface area contributed by atoms with Crippen molar-refractivity contribution in [3.05, 3.63) is 17.7 Å². The molecule has 1 aliphatic heterocycles. The third-order valence-corrected chi connectivity index (χ3v) is 3.27. The fourth-order valence-electron chi connectivity index (χ4n) is 2.37. The van der Waals surface area contributed by atoms with Crippen LogP contribution < -0.4 is 5.32 Å². The van der Waals surface area contributed by atoms with Crippen LogP contribution in [0, 0.1) is 5.41 Å². The molecule has 2 N–H and O–H groups in total. The number of rotatable bonds is 1. The number of carbonyl (C=O) groups is 1. The predicted octanol–water partition coefficient (Wildman–Crippen LogP) is 1.11. The molecule has 1 aromatic heterocycles. The van der Waals surface area contributed by atoms with Gasteiger partial charge in [0.1, 0.15) is 6.04 Å². The Labute approximate surface area is 101 Å². The number of hydrogen-bond acceptors (Lipinski definition) is 3. The second-order valence-corrected chi connectivity index (χ2v) is 5.75. The summed E-state index contributed by atoms with van der Waals surface area (Å²) in [4.78, 5) is 15.5. The van der Waals surface area contributed by atoms with Crippen molar-refractivity contribution in [3.8, 4) is 0 Å². The number of carboxylic acid groups (broad SMARTS) is 1. The molecule has 2 atom stereocenters. The van der Waals surface area contributed by atoms with Gasteiger partial charge in [0.2, 0.25) is 0 Å². The Kier molecular flexibility index (Phi) is 2.73. The first kappa shape index (κ1) is 12.1. The van der Waals surface area contributed by atoms with Gasteiger partial charge in [-0.25, -0.2) is 4.98 Å². The van der Waals surface area contributed by atoms with Gasteiger partial charge in [-0.15, -0.1) is 0 Å². The number of imidazole rings is 1. The topological polar surface area (TPSA) is 67.2 Å². The average Bonchev–Trinajstić information content (AvgIpc) is 2.58. The molecule has 1 aromatic rings. The molecule has 0 fully saturated rings. The molecule has 5 heteroatoms. The second-order valence-electron chi connectivity index (χ2n) is 5.75. The highest BCUT2D eigenvalue weighted by molar-refractivity contribution is 5.74. The third-order valence-electron chi connectivity index (χ3n) is 3.27. The van der Waals surface area contributed by atoms with Gasteiger partial charge in [0.05, 0.1) is 23.8 Å². The monoisotopic (exact) mass is 237 g/mol. The fourth-order valence-corrected chi connectivity index (χ4v) is 2.37. The molecule has 0 aromatic carbocycles. The van der Waals surface area contributed by atoms with Gasteiger partial charge in [-0.1, -0.05) is 20.8 Å². The van der Waals surface area contributed by atoms with Crippen molar-refractivity contribution in [1.82, 2.24) is 14.9 Å². The van der Waals surface area contributed by atoms with Crippen LogP contribution in [0.4, 0.5) is 0 Å². The zero-order chi connectivity index (χ0) is 12.8. The molecule has 1 unspecified atom stereocenters. The van der Waals surface area contributed by atoms with E-state index in [0.717, 1.165) is 11.4 Å². The highest BCUT2D eigenvalue weighted by Crippen LogP contribution is 2.37. The summed E-state index contributed by atoms with van der Waals surface area (Å²) in [7, 11) is 1.95. The number of hydrogen-bond donors (Lipinski definition) is 2. The van der Waals surface area contributed by atoms with E-state index in [-0.39, 0.29) is 11.5 Å². The number of nitrogens with one attached hydrogen (secondary N) is 1. The summed E-state index contributed by atoms with van der Waals surface area (Å²) < 4.78 is 1.98. The summed E-state index contributed by atoms with van der Waals surface area (Å²) in [6, 6.07) is -0.526. The summed E-state index contributed by atoms with van der Waals surface area (Å²) in [6.07, 6.45) is 2.22. The molecule has 0 aliphatic carbocycles. The number of carboxylic acids is 1. The molecule has 17 heavy (non-hydrogen) atoms. The normalized spacial score (nSPS) is 24.5. The number of aryl methyl sites for hydroxylation is 1. The van der Waals surface area contributed by atoms with E-state index in [0.29, 0.717) is 6.42 Å². The van der Waals surface area contributed by atoms with Crippen molar-refractivity contribution in [1.29, 1.82) is 0 Å². The van der Waals surface area contributed by atoms with Crippen LogP contribution in [-0.2, 0) is 18.3 Å². The zero-order valence-corrected chi connectivity index (χ0v) is 10.7. The van der Waals surface area contributed by atoms with Gasteiger partial charge in [0.25, 0.3) is 0 Å². The summed E-state index contributed by atoms with van der Waals surface area (Å²) in [6.45, 7) is 6.31. The third kappa shape index (κ3) is 2.07. The van der Waals surface area contributed by atoms with Crippen LogP contribution in [0.1, 0.15) is 38.2 Å². The Bertz CT molecular complexity index is 445. The molecule has 94 valence electrons. The van der Waals surface area contributed by atoms with Crippen LogP contribution in [0.25, 0.3) is 0 Å². The maximum atomic E-state index is 11.1. The van der Waals surface area contributed by atoms with E-state index in [1.165, 1.54) is 0 Å². The molecule has 0 amide bonds. The minimum atomic E-state index is -0.810. The van der Waals surface area contributed by atoms with Crippen LogP contribution in [0.3, 0.4) is 0 Å². The molecule has 0 spiro atoms. The van der Waals surface area contributed by atoms with Crippen LogP contribution in [0.15, 0.2) is 6.33 Å². The van der Waals surface area contributed by atoms with Crippen molar-refractivity contribution in [3.63, 3.8) is 0 Å². The molecule has 0 saturated heterocycles. The van der Waals surface area contributed by atoms with E-state index in [4.69, 9.17) is 5.11 Å². The smallest absolute Gasteiger partial charge is 0.321 e. The van der Waals surface area contributed by atoms with E-state index in [1.54, 1.807) is 6.33 Å². The largest absolute Gasteiger partial charge is 0.480 e. The van der Waals surface area contributed by atoms with Gasteiger partial charge in [-0.3, -0.25) is 10.1 Å². The maximum Gasteiger partial charge on any atom is 0.321 e. The summed E-state index contributed by atoms with van der Waals surface area (Å²) >= 11 is 0. The van der Waals surface area contributed by atoms with E-state index in [2.05, 4.69) is 31.1 Å². The van der Waals surface area contributed by atoms with E-state index >= 15 is 0 Å².